The predicted molar refractivity (Wildman–Crippen MR) is 259 cm³/mol. The summed E-state index contributed by atoms with van der Waals surface area (Å²) in [5.74, 6) is 2.41. The van der Waals surface area contributed by atoms with Gasteiger partial charge in [-0.2, -0.15) is 8.42 Å². The number of hydrogen-bond donors (Lipinski definition) is 2. The molecule has 1 unspecified atom stereocenters. The van der Waals surface area contributed by atoms with Crippen LogP contribution in [-0.2, 0) is 41.9 Å². The Balaban J connectivity index is 0.949. The molecule has 0 aromatic heterocycles. The molecule has 3 atom stereocenters. The van der Waals surface area contributed by atoms with Crippen molar-refractivity contribution >= 4 is 72.5 Å². The molecule has 338 valence electrons. The Morgan fingerprint density at radius 2 is 1.46 bits per heavy atom. The van der Waals surface area contributed by atoms with E-state index in [-0.39, 0.29) is 43.0 Å². The van der Waals surface area contributed by atoms with Gasteiger partial charge >= 0.3 is 0 Å². The molecule has 0 aliphatic carbocycles. The summed E-state index contributed by atoms with van der Waals surface area (Å²) in [6, 6.07) is 29.5. The van der Waals surface area contributed by atoms with E-state index in [1.54, 1.807) is 48.6 Å². The zero-order valence-corrected chi connectivity index (χ0v) is 39.4. The molecule has 4 heterocycles. The van der Waals surface area contributed by atoms with Crippen molar-refractivity contribution in [3.8, 4) is 17.2 Å². The molecule has 12 nitrogen and oxygen atoms in total. The maximum Gasteiger partial charge on any atom is 0.268 e. The van der Waals surface area contributed by atoms with Crippen molar-refractivity contribution < 1.29 is 41.3 Å². The van der Waals surface area contributed by atoms with Gasteiger partial charge in [-0.1, -0.05) is 84.0 Å². The van der Waals surface area contributed by atoms with E-state index in [0.717, 1.165) is 51.3 Å². The van der Waals surface area contributed by atoms with Crippen LogP contribution in [0.25, 0.3) is 0 Å². The fraction of sp³-hybridized carbons (Fsp3) is 0.340. The third-order valence-corrected chi connectivity index (χ3v) is 16.5. The molecular formula is C50H52N4O8S3. The Hall–Kier alpha value is -5.48. The first-order chi connectivity index (χ1) is 31.3. The van der Waals surface area contributed by atoms with Gasteiger partial charge in [-0.25, -0.2) is 0 Å². The van der Waals surface area contributed by atoms with Crippen molar-refractivity contribution in [3.63, 3.8) is 0 Å². The topological polar surface area (TPSA) is 138 Å². The molecular weight excluding hydrogens is 881 g/mol. The second-order valence-corrected chi connectivity index (χ2v) is 21.6. The highest BCUT2D eigenvalue weighted by Gasteiger charge is 2.38. The highest BCUT2D eigenvalue weighted by Crippen LogP contribution is 2.42. The Labute approximate surface area is 388 Å². The van der Waals surface area contributed by atoms with E-state index in [2.05, 4.69) is 35.8 Å². The van der Waals surface area contributed by atoms with E-state index in [4.69, 9.17) is 14.2 Å². The summed E-state index contributed by atoms with van der Waals surface area (Å²) in [7, 11) is 2.50. The number of aryl methyl sites for hydroxylation is 1. The van der Waals surface area contributed by atoms with Gasteiger partial charge in [0.15, 0.2) is 5.75 Å². The van der Waals surface area contributed by atoms with Crippen molar-refractivity contribution in [1.29, 1.82) is 0 Å². The third kappa shape index (κ3) is 9.08. The number of nitrogens with zero attached hydrogens (tertiary/aromatic N) is 3. The van der Waals surface area contributed by atoms with E-state index >= 15 is 0 Å². The normalized spacial score (nSPS) is 17.7. The molecule has 0 spiro atoms. The number of hydrogen-bond acceptors (Lipinski definition) is 10. The summed E-state index contributed by atoms with van der Waals surface area (Å²) in [5.41, 5.74) is 10.3. The first-order valence-electron chi connectivity index (χ1n) is 21.8. The third-order valence-electron chi connectivity index (χ3n) is 12.6. The van der Waals surface area contributed by atoms with Gasteiger partial charge in [0.25, 0.3) is 16.0 Å². The number of para-hydroxylation sites is 2. The summed E-state index contributed by atoms with van der Waals surface area (Å²) >= 11 is 0. The minimum atomic E-state index is -4.14. The number of nitrogens with one attached hydrogen (secondary N) is 1. The number of carbonyl (C=O) groups excluding carboxylic acids is 2. The van der Waals surface area contributed by atoms with Crippen LogP contribution in [0.5, 0.6) is 17.2 Å². The second kappa shape index (κ2) is 18.4. The Bertz CT molecular complexity index is 2830. The van der Waals surface area contributed by atoms with Crippen molar-refractivity contribution in [3.05, 3.63) is 136 Å². The summed E-state index contributed by atoms with van der Waals surface area (Å²) in [4.78, 5) is 31.9. The lowest BCUT2D eigenvalue weighted by Crippen LogP contribution is -2.39. The maximum absolute atomic E-state index is 14.2. The van der Waals surface area contributed by atoms with E-state index in [9.17, 15) is 22.6 Å². The highest BCUT2D eigenvalue weighted by molar-refractivity contribution is 8.76. The van der Waals surface area contributed by atoms with Crippen LogP contribution in [0.2, 0.25) is 0 Å². The van der Waals surface area contributed by atoms with Crippen LogP contribution in [0, 0.1) is 12.8 Å². The molecule has 5 aromatic rings. The Morgan fingerprint density at radius 3 is 2.15 bits per heavy atom. The molecule has 5 aromatic carbocycles. The number of ether oxygens (including phenoxy) is 3. The fourth-order valence-electron chi connectivity index (χ4n) is 9.43. The van der Waals surface area contributed by atoms with E-state index < -0.39 is 15.4 Å². The summed E-state index contributed by atoms with van der Waals surface area (Å²) < 4.78 is 54.4. The van der Waals surface area contributed by atoms with Gasteiger partial charge in [-0.05, 0) is 102 Å². The molecule has 65 heavy (non-hydrogen) atoms. The number of fused-ring (bicyclic) bond motifs is 8. The molecule has 2 amide bonds. The first-order valence-corrected chi connectivity index (χ1v) is 25.8. The highest BCUT2D eigenvalue weighted by atomic mass is 33.1. The minimum Gasteiger partial charge on any atom is -0.493 e. The van der Waals surface area contributed by atoms with Crippen LogP contribution >= 0.6 is 21.6 Å². The minimum absolute atomic E-state index is 0.0215. The number of amides is 2. The fourth-order valence-corrected chi connectivity index (χ4v) is 12.8. The number of methoxy groups -OCH3 is 1. The molecule has 0 saturated heterocycles. The van der Waals surface area contributed by atoms with Gasteiger partial charge in [-0.15, -0.1) is 0 Å². The first kappa shape index (κ1) is 44.7. The van der Waals surface area contributed by atoms with E-state index in [0.29, 0.717) is 65.0 Å². The van der Waals surface area contributed by atoms with Crippen LogP contribution in [0.3, 0.4) is 0 Å². The molecule has 9 rings (SSSR count). The van der Waals surface area contributed by atoms with Gasteiger partial charge in [0.1, 0.15) is 31.8 Å². The van der Waals surface area contributed by atoms with Crippen molar-refractivity contribution in [1.82, 2.24) is 0 Å². The van der Waals surface area contributed by atoms with E-state index in [1.165, 1.54) is 5.56 Å². The SMILES string of the molecule is COc1cc2c(cc1OCc1cc(COc3cc4c(cc3C)C(=O)N3c5ccccc5C[C@@H]3CN4)cc(CSSCCC(C(C)C)S(=O)(=O)O)c1)[N+](C)=[C-][C@@H]1Cc3ccccc3N1C2=O. The van der Waals surface area contributed by atoms with Gasteiger partial charge in [0, 0.05) is 53.3 Å². The average Bonchev–Trinajstić information content (AvgIpc) is 3.78. The van der Waals surface area contributed by atoms with Gasteiger partial charge in [-0.3, -0.25) is 14.1 Å². The van der Waals surface area contributed by atoms with Crippen LogP contribution in [-0.4, -0.2) is 79.4 Å². The largest absolute Gasteiger partial charge is 0.493 e. The standard InChI is InChI=1S/C50H52N4O8S3/c1-30(2)48(65(57,58)59)14-15-63-64-29-34-18-32(27-61-45-23-41-39(16-31(45)3)49(55)53-37(25-51-41)20-35-10-6-8-12-42(35)53)17-33(19-34)28-62-47-24-44-40(22-46(47)60-5)50(56)54-38(26-52(44)4)21-36-11-7-9-13-43(36)54/h6-13,16-19,22-24,30,37-38,48,51H,14-15,20-21,25,27-29H2,1-5H3,(H,57,58,59)/t37-,38+,48?/m1/s1. The van der Waals surface area contributed by atoms with Crippen LogP contribution < -0.4 is 29.3 Å². The van der Waals surface area contributed by atoms with Crippen molar-refractivity contribution in [2.75, 3.05) is 41.6 Å². The molecule has 0 radical (unpaired) electrons. The predicted octanol–water partition coefficient (Wildman–Crippen LogP) is 9.15. The number of benzene rings is 5. The lowest BCUT2D eigenvalue weighted by Gasteiger charge is -2.23. The summed E-state index contributed by atoms with van der Waals surface area (Å²) in [5, 5.41) is 2.72. The quantitative estimate of drug-likeness (QED) is 0.0342. The van der Waals surface area contributed by atoms with Crippen molar-refractivity contribution in [2.24, 2.45) is 5.92 Å². The summed E-state index contributed by atoms with van der Waals surface area (Å²) in [6.45, 7) is 6.62. The maximum atomic E-state index is 14.2. The summed E-state index contributed by atoms with van der Waals surface area (Å²) in [6.07, 6.45) is 5.33. The second-order valence-electron chi connectivity index (χ2n) is 17.3. The molecule has 15 heteroatoms. The smallest absolute Gasteiger partial charge is 0.268 e. The molecule has 4 aliphatic heterocycles. The zero-order chi connectivity index (χ0) is 45.6. The van der Waals surface area contributed by atoms with Gasteiger partial charge in [0.2, 0.25) is 5.91 Å². The molecule has 2 N–H and O–H groups in total. The molecule has 0 bridgehead atoms. The van der Waals surface area contributed by atoms with Crippen molar-refractivity contribution in [2.45, 2.75) is 76.3 Å². The zero-order valence-electron chi connectivity index (χ0n) is 37.0. The van der Waals surface area contributed by atoms with Gasteiger partial charge in [0.05, 0.1) is 35.3 Å². The lowest BCUT2D eigenvalue weighted by molar-refractivity contribution is -0.401. The number of anilines is 3. The van der Waals surface area contributed by atoms with Crippen LogP contribution in [0.15, 0.2) is 91.0 Å². The molecule has 0 saturated carbocycles. The monoisotopic (exact) mass is 932 g/mol. The number of rotatable bonds is 15. The molecule has 4 aliphatic rings. The van der Waals surface area contributed by atoms with Crippen LogP contribution in [0.4, 0.5) is 22.7 Å². The lowest BCUT2D eigenvalue weighted by atomic mass is 10.1. The number of carbonyl (C=O) groups is 2. The van der Waals surface area contributed by atoms with Crippen LogP contribution in [0.1, 0.15) is 74.4 Å². The van der Waals surface area contributed by atoms with E-state index in [1.807, 2.05) is 89.0 Å². The Kier molecular flexibility index (Phi) is 12.7. The molecule has 0 fully saturated rings. The Morgan fingerprint density at radius 1 is 0.815 bits per heavy atom. The average molecular weight is 933 g/mol. The van der Waals surface area contributed by atoms with Gasteiger partial charge < -0.3 is 33.9 Å².